The first-order valence-corrected chi connectivity index (χ1v) is 7.88. The number of nitrogens with one attached hydrogen (secondary N) is 1. The van der Waals surface area contributed by atoms with Gasteiger partial charge in [0.05, 0.1) is 0 Å². The average Bonchev–Trinajstić information content (AvgIpc) is 2.49. The topological polar surface area (TPSA) is 75.3 Å². The first kappa shape index (κ1) is 16.0. The van der Waals surface area contributed by atoms with E-state index in [1.54, 1.807) is 0 Å². The van der Waals surface area contributed by atoms with Crippen LogP contribution in [0.4, 0.5) is 5.69 Å². The van der Waals surface area contributed by atoms with Crippen LogP contribution in [0.25, 0.3) is 0 Å². The van der Waals surface area contributed by atoms with Crippen molar-refractivity contribution in [3.05, 3.63) is 29.8 Å². The molecule has 1 aliphatic carbocycles. The van der Waals surface area contributed by atoms with Crippen LogP contribution in [0.2, 0.25) is 0 Å². The molecule has 1 amide bonds. The van der Waals surface area contributed by atoms with Gasteiger partial charge < -0.3 is 16.2 Å². The maximum atomic E-state index is 12.1. The second kappa shape index (κ2) is 7.57. The van der Waals surface area contributed by atoms with E-state index in [0.717, 1.165) is 17.7 Å². The predicted molar refractivity (Wildman–Crippen MR) is 85.0 cm³/mol. The van der Waals surface area contributed by atoms with E-state index in [1.807, 2.05) is 31.2 Å². The van der Waals surface area contributed by atoms with Crippen LogP contribution in [0.3, 0.4) is 0 Å². The Morgan fingerprint density at radius 3 is 2.67 bits per heavy atom. The number of carbonyl (C=O) groups excluding carboxylic acids is 1. The number of carbonyl (C=O) groups is 1. The van der Waals surface area contributed by atoms with Crippen molar-refractivity contribution in [3.63, 3.8) is 0 Å². The SMILES string of the molecule is Cc1ccccc1NC(=O)C(O)[C@H](N)CC1CCCCC1. The zero-order chi connectivity index (χ0) is 15.2. The Hall–Kier alpha value is -1.39. The number of para-hydroxylation sites is 1. The van der Waals surface area contributed by atoms with Gasteiger partial charge in [-0.2, -0.15) is 0 Å². The number of aliphatic hydroxyl groups excluding tert-OH is 1. The van der Waals surface area contributed by atoms with E-state index in [4.69, 9.17) is 5.73 Å². The Kier molecular flexibility index (Phi) is 5.76. The van der Waals surface area contributed by atoms with Gasteiger partial charge in [-0.25, -0.2) is 0 Å². The third kappa shape index (κ3) is 4.55. The first-order chi connectivity index (χ1) is 10.1. The van der Waals surface area contributed by atoms with Crippen molar-refractivity contribution < 1.29 is 9.90 Å². The molecule has 2 atom stereocenters. The monoisotopic (exact) mass is 290 g/mol. The number of amides is 1. The molecule has 4 heteroatoms. The van der Waals surface area contributed by atoms with Gasteiger partial charge in [0.1, 0.15) is 6.10 Å². The van der Waals surface area contributed by atoms with Gasteiger partial charge in [-0.15, -0.1) is 0 Å². The predicted octanol–water partition coefficient (Wildman–Crippen LogP) is 2.59. The Labute approximate surface area is 126 Å². The van der Waals surface area contributed by atoms with E-state index >= 15 is 0 Å². The minimum atomic E-state index is -1.15. The van der Waals surface area contributed by atoms with Gasteiger partial charge in [-0.1, -0.05) is 50.3 Å². The van der Waals surface area contributed by atoms with Gasteiger partial charge in [0.2, 0.25) is 0 Å². The number of hydrogen-bond donors (Lipinski definition) is 3. The zero-order valence-electron chi connectivity index (χ0n) is 12.7. The third-order valence-corrected chi connectivity index (χ3v) is 4.41. The summed E-state index contributed by atoms with van der Waals surface area (Å²) in [4.78, 5) is 12.1. The Balaban J connectivity index is 1.87. The van der Waals surface area contributed by atoms with Crippen LogP contribution in [-0.2, 0) is 4.79 Å². The van der Waals surface area contributed by atoms with E-state index in [-0.39, 0.29) is 0 Å². The molecule has 0 spiro atoms. The molecular weight excluding hydrogens is 264 g/mol. The summed E-state index contributed by atoms with van der Waals surface area (Å²) in [6.07, 6.45) is 5.68. The number of anilines is 1. The lowest BCUT2D eigenvalue weighted by atomic mass is 9.84. The Morgan fingerprint density at radius 1 is 1.33 bits per heavy atom. The number of benzene rings is 1. The second-order valence-electron chi connectivity index (χ2n) is 6.15. The molecule has 1 unspecified atom stereocenters. The summed E-state index contributed by atoms with van der Waals surface area (Å²) in [5.41, 5.74) is 7.73. The van der Waals surface area contributed by atoms with E-state index in [9.17, 15) is 9.90 Å². The smallest absolute Gasteiger partial charge is 0.254 e. The lowest BCUT2D eigenvalue weighted by Gasteiger charge is -2.26. The molecule has 2 rings (SSSR count). The molecule has 21 heavy (non-hydrogen) atoms. The van der Waals surface area contributed by atoms with E-state index in [1.165, 1.54) is 32.1 Å². The molecule has 1 aromatic rings. The average molecular weight is 290 g/mol. The summed E-state index contributed by atoms with van der Waals surface area (Å²) in [5, 5.41) is 12.9. The summed E-state index contributed by atoms with van der Waals surface area (Å²) in [6.45, 7) is 1.92. The lowest BCUT2D eigenvalue weighted by molar-refractivity contribution is -0.125. The van der Waals surface area contributed by atoms with Crippen molar-refractivity contribution in [1.82, 2.24) is 0 Å². The maximum Gasteiger partial charge on any atom is 0.254 e. The molecule has 1 fully saturated rings. The number of aryl methyl sites for hydroxylation is 1. The fraction of sp³-hybridized carbons (Fsp3) is 0.588. The Bertz CT molecular complexity index is 470. The molecular formula is C17H26N2O2. The van der Waals surface area contributed by atoms with Crippen LogP contribution in [0.15, 0.2) is 24.3 Å². The van der Waals surface area contributed by atoms with E-state index < -0.39 is 18.1 Å². The molecule has 1 saturated carbocycles. The molecule has 1 aromatic carbocycles. The molecule has 1 aliphatic rings. The van der Waals surface area contributed by atoms with Crippen molar-refractivity contribution in [2.75, 3.05) is 5.32 Å². The standard InChI is InChI=1S/C17H26N2O2/c1-12-7-5-6-10-15(12)19-17(21)16(20)14(18)11-13-8-3-2-4-9-13/h5-7,10,13-14,16,20H,2-4,8-9,11,18H2,1H3,(H,19,21)/t14-,16?/m1/s1. The van der Waals surface area contributed by atoms with Gasteiger partial charge in [0.25, 0.3) is 5.91 Å². The van der Waals surface area contributed by atoms with Gasteiger partial charge in [-0.05, 0) is 30.9 Å². The van der Waals surface area contributed by atoms with E-state index in [0.29, 0.717) is 5.92 Å². The van der Waals surface area contributed by atoms with E-state index in [2.05, 4.69) is 5.32 Å². The highest BCUT2D eigenvalue weighted by molar-refractivity contribution is 5.95. The summed E-state index contributed by atoms with van der Waals surface area (Å²) >= 11 is 0. The molecule has 0 bridgehead atoms. The molecule has 0 aliphatic heterocycles. The van der Waals surface area contributed by atoms with Crippen molar-refractivity contribution in [2.24, 2.45) is 11.7 Å². The minimum Gasteiger partial charge on any atom is -0.382 e. The normalized spacial score (nSPS) is 19.0. The van der Waals surface area contributed by atoms with Crippen molar-refractivity contribution in [2.45, 2.75) is 57.6 Å². The van der Waals surface area contributed by atoms with Crippen LogP contribution >= 0.6 is 0 Å². The number of nitrogens with two attached hydrogens (primary N) is 1. The second-order valence-corrected chi connectivity index (χ2v) is 6.15. The van der Waals surface area contributed by atoms with Crippen LogP contribution in [0, 0.1) is 12.8 Å². The highest BCUT2D eigenvalue weighted by Gasteiger charge is 2.26. The fourth-order valence-corrected chi connectivity index (χ4v) is 3.05. The summed E-state index contributed by atoms with van der Waals surface area (Å²) in [7, 11) is 0. The zero-order valence-corrected chi connectivity index (χ0v) is 12.7. The lowest BCUT2D eigenvalue weighted by Crippen LogP contribution is -2.44. The Morgan fingerprint density at radius 2 is 2.00 bits per heavy atom. The van der Waals surface area contributed by atoms with Gasteiger partial charge in [-0.3, -0.25) is 4.79 Å². The van der Waals surface area contributed by atoms with Crippen molar-refractivity contribution in [3.8, 4) is 0 Å². The summed E-state index contributed by atoms with van der Waals surface area (Å²) in [6, 6.07) is 7.03. The van der Waals surface area contributed by atoms with Crippen LogP contribution in [0.5, 0.6) is 0 Å². The molecule has 116 valence electrons. The number of hydrogen-bond acceptors (Lipinski definition) is 3. The molecule has 4 N–H and O–H groups in total. The molecule has 0 saturated heterocycles. The summed E-state index contributed by atoms with van der Waals surface area (Å²) in [5.74, 6) is 0.141. The van der Waals surface area contributed by atoms with Crippen LogP contribution in [-0.4, -0.2) is 23.2 Å². The first-order valence-electron chi connectivity index (χ1n) is 7.88. The highest BCUT2D eigenvalue weighted by Crippen LogP contribution is 2.27. The third-order valence-electron chi connectivity index (χ3n) is 4.41. The van der Waals surface area contributed by atoms with Crippen LogP contribution < -0.4 is 11.1 Å². The largest absolute Gasteiger partial charge is 0.382 e. The maximum absolute atomic E-state index is 12.1. The highest BCUT2D eigenvalue weighted by atomic mass is 16.3. The fourth-order valence-electron chi connectivity index (χ4n) is 3.05. The van der Waals surface area contributed by atoms with Gasteiger partial charge >= 0.3 is 0 Å². The number of rotatable bonds is 5. The molecule has 4 nitrogen and oxygen atoms in total. The van der Waals surface area contributed by atoms with Crippen LogP contribution in [0.1, 0.15) is 44.1 Å². The minimum absolute atomic E-state index is 0.410. The van der Waals surface area contributed by atoms with Gasteiger partial charge in [0, 0.05) is 11.7 Å². The summed E-state index contributed by atoms with van der Waals surface area (Å²) < 4.78 is 0. The number of aliphatic hydroxyl groups is 1. The molecule has 0 aromatic heterocycles. The van der Waals surface area contributed by atoms with Crippen molar-refractivity contribution in [1.29, 1.82) is 0 Å². The molecule has 0 heterocycles. The van der Waals surface area contributed by atoms with Crippen molar-refractivity contribution >= 4 is 11.6 Å². The molecule has 0 radical (unpaired) electrons. The van der Waals surface area contributed by atoms with Gasteiger partial charge in [0.15, 0.2) is 0 Å². The quantitative estimate of drug-likeness (QED) is 0.780.